The van der Waals surface area contributed by atoms with E-state index < -0.39 is 11.4 Å². The second-order valence-corrected chi connectivity index (χ2v) is 7.37. The lowest BCUT2D eigenvalue weighted by Crippen LogP contribution is -2.50. The van der Waals surface area contributed by atoms with Crippen LogP contribution in [0, 0.1) is 5.41 Å². The van der Waals surface area contributed by atoms with Crippen LogP contribution < -0.4 is 4.90 Å². The van der Waals surface area contributed by atoms with Crippen molar-refractivity contribution >= 4 is 29.2 Å². The van der Waals surface area contributed by atoms with E-state index in [9.17, 15) is 14.7 Å². The molecule has 1 aromatic heterocycles. The van der Waals surface area contributed by atoms with Gasteiger partial charge in [0.15, 0.2) is 11.7 Å². The first-order valence-corrected chi connectivity index (χ1v) is 9.11. The number of H-pyrrole nitrogens is 1. The van der Waals surface area contributed by atoms with Gasteiger partial charge in [-0.2, -0.15) is 0 Å². The number of nitrogens with zero attached hydrogens (tertiary/aromatic N) is 4. The Bertz CT molecular complexity index is 840. The third kappa shape index (κ3) is 2.43. The molecule has 2 amide bonds. The largest absolute Gasteiger partial charge is 0.481 e. The maximum Gasteiger partial charge on any atom is 0.331 e. The van der Waals surface area contributed by atoms with Crippen LogP contribution >= 0.6 is 0 Å². The molecule has 8 nitrogen and oxygen atoms in total. The van der Waals surface area contributed by atoms with Gasteiger partial charge < -0.3 is 10.1 Å². The molecule has 0 radical (unpaired) electrons. The first-order valence-electron chi connectivity index (χ1n) is 9.11. The average Bonchev–Trinajstić information content (AvgIpc) is 3.26. The van der Waals surface area contributed by atoms with Crippen molar-refractivity contribution < 1.29 is 14.7 Å². The summed E-state index contributed by atoms with van der Waals surface area (Å²) < 4.78 is 0. The number of carboxylic acids is 1. The Morgan fingerprint density at radius 1 is 1.46 bits per heavy atom. The highest BCUT2D eigenvalue weighted by atomic mass is 16.4. The molecule has 1 atom stereocenters. The molecule has 1 unspecified atom stereocenters. The molecule has 0 aromatic carbocycles. The number of allylic oxidation sites excluding steroid dienone is 2. The molecule has 0 saturated heterocycles. The molecular formula is C18H23N5O3. The smallest absolute Gasteiger partial charge is 0.331 e. The van der Waals surface area contributed by atoms with Crippen LogP contribution in [0.25, 0.3) is 5.57 Å². The van der Waals surface area contributed by atoms with Gasteiger partial charge in [-0.05, 0) is 38.2 Å². The van der Waals surface area contributed by atoms with Crippen LogP contribution in [0.15, 0.2) is 11.1 Å². The summed E-state index contributed by atoms with van der Waals surface area (Å²) in [4.78, 5) is 40.1. The molecule has 1 aliphatic carbocycles. The monoisotopic (exact) mass is 357 g/mol. The van der Waals surface area contributed by atoms with Crippen LogP contribution in [-0.2, 0) is 4.79 Å². The number of aromatic amines is 1. The zero-order valence-corrected chi connectivity index (χ0v) is 15.1. The number of aliphatic imine (C=N–C) groups is 1. The predicted molar refractivity (Wildman–Crippen MR) is 97.3 cm³/mol. The number of aliphatic carboxylic acids is 1. The summed E-state index contributed by atoms with van der Waals surface area (Å²) in [5.74, 6) is 1.26. The first-order chi connectivity index (χ1) is 12.4. The van der Waals surface area contributed by atoms with E-state index in [1.165, 1.54) is 0 Å². The summed E-state index contributed by atoms with van der Waals surface area (Å²) in [6, 6.07) is -0.0651. The summed E-state index contributed by atoms with van der Waals surface area (Å²) in [6.45, 7) is 5.62. The normalized spacial score (nSPS) is 24.9. The van der Waals surface area contributed by atoms with E-state index >= 15 is 0 Å². The van der Waals surface area contributed by atoms with Crippen molar-refractivity contribution in [3.8, 4) is 0 Å². The number of nitrogens with one attached hydrogen (secondary N) is 1. The number of hydrogen-bond donors (Lipinski definition) is 2. The number of rotatable bonds is 4. The third-order valence-corrected chi connectivity index (χ3v) is 5.48. The van der Waals surface area contributed by atoms with E-state index in [-0.39, 0.29) is 6.03 Å². The molecule has 0 spiro atoms. The zero-order chi connectivity index (χ0) is 18.5. The molecule has 138 valence electrons. The van der Waals surface area contributed by atoms with Crippen molar-refractivity contribution in [3.05, 3.63) is 17.6 Å². The van der Waals surface area contributed by atoms with Crippen LogP contribution in [0.2, 0.25) is 0 Å². The van der Waals surface area contributed by atoms with E-state index in [0.29, 0.717) is 56.4 Å². The Morgan fingerprint density at radius 3 is 2.92 bits per heavy atom. The maximum atomic E-state index is 12.7. The van der Waals surface area contributed by atoms with Crippen LogP contribution in [0.4, 0.5) is 10.6 Å². The molecule has 1 aromatic rings. The standard InChI is InChI=1S/C18H23N5O3/c1-3-9-22-15-12(14-19-8-10-23(14)17(22)26)20-13(21-15)11-4-6-18(2,7-5-11)16(24)25/h4H,3,5-10H2,1-2H3,(H,20,21)(H,24,25). The minimum Gasteiger partial charge on any atom is -0.481 e. The van der Waals surface area contributed by atoms with E-state index in [1.54, 1.807) is 16.7 Å². The molecular weight excluding hydrogens is 334 g/mol. The molecule has 3 heterocycles. The molecule has 2 aliphatic heterocycles. The summed E-state index contributed by atoms with van der Waals surface area (Å²) in [5.41, 5.74) is 1.08. The fourth-order valence-corrected chi connectivity index (χ4v) is 3.75. The van der Waals surface area contributed by atoms with Crippen molar-refractivity contribution in [1.82, 2.24) is 14.9 Å². The molecule has 3 aliphatic rings. The number of imidazole rings is 1. The summed E-state index contributed by atoms with van der Waals surface area (Å²) in [7, 11) is 0. The van der Waals surface area contributed by atoms with Gasteiger partial charge in [-0.3, -0.25) is 19.6 Å². The molecule has 8 heteroatoms. The topological polar surface area (TPSA) is 102 Å². The fraction of sp³-hybridized carbons (Fsp3) is 0.556. The quantitative estimate of drug-likeness (QED) is 0.864. The number of anilines is 1. The number of carboxylic acid groups (broad SMARTS) is 1. The van der Waals surface area contributed by atoms with Gasteiger partial charge in [0.25, 0.3) is 0 Å². The summed E-state index contributed by atoms with van der Waals surface area (Å²) in [5, 5.41) is 9.39. The number of carbonyl (C=O) groups excluding carboxylic acids is 1. The lowest BCUT2D eigenvalue weighted by atomic mass is 9.76. The minimum absolute atomic E-state index is 0.0651. The molecule has 0 fully saturated rings. The zero-order valence-electron chi connectivity index (χ0n) is 15.1. The molecule has 0 saturated carbocycles. The van der Waals surface area contributed by atoms with Crippen LogP contribution in [0.1, 0.15) is 51.0 Å². The average molecular weight is 357 g/mol. The summed E-state index contributed by atoms with van der Waals surface area (Å²) >= 11 is 0. The number of aromatic nitrogens is 2. The first kappa shape index (κ1) is 16.8. The Morgan fingerprint density at radius 2 is 2.27 bits per heavy atom. The van der Waals surface area contributed by atoms with Crippen LogP contribution in [0.5, 0.6) is 0 Å². The Kier molecular flexibility index (Phi) is 3.86. The van der Waals surface area contributed by atoms with Crippen LogP contribution in [-0.4, -0.2) is 57.4 Å². The van der Waals surface area contributed by atoms with Gasteiger partial charge in [-0.25, -0.2) is 9.78 Å². The van der Waals surface area contributed by atoms with Crippen molar-refractivity contribution in [2.75, 3.05) is 24.5 Å². The number of urea groups is 1. The van der Waals surface area contributed by atoms with Gasteiger partial charge in [0.05, 0.1) is 12.0 Å². The number of amides is 2. The Balaban J connectivity index is 1.71. The van der Waals surface area contributed by atoms with Crippen molar-refractivity contribution in [1.29, 1.82) is 0 Å². The highest BCUT2D eigenvalue weighted by Gasteiger charge is 2.40. The highest BCUT2D eigenvalue weighted by molar-refractivity contribution is 6.18. The van der Waals surface area contributed by atoms with Gasteiger partial charge in [-0.1, -0.05) is 13.0 Å². The van der Waals surface area contributed by atoms with Gasteiger partial charge in [0, 0.05) is 13.1 Å². The van der Waals surface area contributed by atoms with Gasteiger partial charge >= 0.3 is 12.0 Å². The van der Waals surface area contributed by atoms with E-state index in [1.807, 2.05) is 13.0 Å². The second kappa shape index (κ2) is 5.96. The van der Waals surface area contributed by atoms with Crippen molar-refractivity contribution in [3.63, 3.8) is 0 Å². The van der Waals surface area contributed by atoms with Gasteiger partial charge in [-0.15, -0.1) is 0 Å². The van der Waals surface area contributed by atoms with E-state index in [0.717, 1.165) is 17.7 Å². The third-order valence-electron chi connectivity index (χ3n) is 5.48. The van der Waals surface area contributed by atoms with Gasteiger partial charge in [0.2, 0.25) is 0 Å². The Hall–Kier alpha value is -2.64. The number of carbonyl (C=O) groups is 2. The number of hydrogen-bond acceptors (Lipinski definition) is 4. The van der Waals surface area contributed by atoms with Crippen molar-refractivity contribution in [2.24, 2.45) is 10.4 Å². The maximum absolute atomic E-state index is 12.7. The predicted octanol–water partition coefficient (Wildman–Crippen LogP) is 2.48. The molecule has 0 bridgehead atoms. The van der Waals surface area contributed by atoms with E-state index in [4.69, 9.17) is 4.98 Å². The Labute approximate surface area is 151 Å². The number of amidine groups is 1. The van der Waals surface area contributed by atoms with E-state index in [2.05, 4.69) is 9.98 Å². The molecule has 2 N–H and O–H groups in total. The van der Waals surface area contributed by atoms with Gasteiger partial charge in [0.1, 0.15) is 11.5 Å². The second-order valence-electron chi connectivity index (χ2n) is 7.37. The summed E-state index contributed by atoms with van der Waals surface area (Å²) in [6.07, 6.45) is 4.50. The number of fused-ring (bicyclic) bond motifs is 3. The molecule has 4 rings (SSSR count). The highest BCUT2D eigenvalue weighted by Crippen LogP contribution is 2.39. The minimum atomic E-state index is -0.762. The lowest BCUT2D eigenvalue weighted by Gasteiger charge is -2.31. The molecule has 26 heavy (non-hydrogen) atoms. The van der Waals surface area contributed by atoms with Crippen LogP contribution in [0.3, 0.4) is 0 Å². The lowest BCUT2D eigenvalue weighted by molar-refractivity contribution is -0.148. The fourth-order valence-electron chi connectivity index (χ4n) is 3.75. The SMILES string of the molecule is CCCN1C(=O)N2CCN=C2c2[nH]c(C3=CCC(C)(C(=O)O)CC3)nc21. The van der Waals surface area contributed by atoms with Crippen molar-refractivity contribution in [2.45, 2.75) is 39.5 Å².